The Morgan fingerprint density at radius 1 is 1.24 bits per heavy atom. The summed E-state index contributed by atoms with van der Waals surface area (Å²) in [6.07, 6.45) is 4.00. The van der Waals surface area contributed by atoms with Gasteiger partial charge < -0.3 is 10.1 Å². The molecule has 2 aromatic carbocycles. The second kappa shape index (κ2) is 11.2. The molecule has 0 saturated carbocycles. The molecular formula is C22H14BrCl2N3O3S3. The van der Waals surface area contributed by atoms with Gasteiger partial charge in [-0.2, -0.15) is 0 Å². The number of anilines is 1. The van der Waals surface area contributed by atoms with E-state index in [1.54, 1.807) is 36.5 Å². The minimum absolute atomic E-state index is 0.225. The van der Waals surface area contributed by atoms with Gasteiger partial charge in [0.05, 0.1) is 15.0 Å². The van der Waals surface area contributed by atoms with E-state index in [2.05, 4.69) is 31.5 Å². The molecule has 0 unspecified atom stereocenters. The molecule has 34 heavy (non-hydrogen) atoms. The van der Waals surface area contributed by atoms with Gasteiger partial charge in [0.2, 0.25) is 0 Å². The Balaban J connectivity index is 1.37. The van der Waals surface area contributed by atoms with Crippen LogP contribution in [0, 0.1) is 0 Å². The SMILES string of the molecule is O=C(COc1ccc(Br)cc1/C=C1\SC(=S)NC1=O)Nc1ncc(Cc2ccc(Cl)c(Cl)c2)s1. The van der Waals surface area contributed by atoms with Crippen molar-refractivity contribution in [3.63, 3.8) is 0 Å². The van der Waals surface area contributed by atoms with Crippen molar-refractivity contribution in [2.45, 2.75) is 6.42 Å². The molecule has 2 heterocycles. The van der Waals surface area contributed by atoms with Crippen molar-refractivity contribution in [1.82, 2.24) is 10.3 Å². The Labute approximate surface area is 227 Å². The summed E-state index contributed by atoms with van der Waals surface area (Å²) in [6, 6.07) is 10.8. The van der Waals surface area contributed by atoms with E-state index >= 15 is 0 Å². The van der Waals surface area contributed by atoms with E-state index in [4.69, 9.17) is 40.2 Å². The third-order valence-corrected chi connectivity index (χ3v) is 7.73. The van der Waals surface area contributed by atoms with Crippen molar-refractivity contribution in [2.24, 2.45) is 0 Å². The summed E-state index contributed by atoms with van der Waals surface area (Å²) in [5.41, 5.74) is 1.63. The van der Waals surface area contributed by atoms with Crippen LogP contribution in [-0.4, -0.2) is 27.7 Å². The lowest BCUT2D eigenvalue weighted by atomic mass is 10.1. The number of thioether (sulfide) groups is 1. The number of nitrogens with zero attached hydrogens (tertiary/aromatic N) is 1. The van der Waals surface area contributed by atoms with Crippen LogP contribution < -0.4 is 15.4 Å². The number of halogens is 3. The third-order valence-electron chi connectivity index (χ3n) is 4.42. The number of aromatic nitrogens is 1. The van der Waals surface area contributed by atoms with Crippen molar-refractivity contribution >= 4 is 102 Å². The molecule has 174 valence electrons. The molecule has 0 bridgehead atoms. The van der Waals surface area contributed by atoms with Gasteiger partial charge >= 0.3 is 0 Å². The quantitative estimate of drug-likeness (QED) is 0.240. The van der Waals surface area contributed by atoms with Crippen molar-refractivity contribution in [1.29, 1.82) is 0 Å². The summed E-state index contributed by atoms with van der Waals surface area (Å²) in [5, 5.41) is 6.78. The van der Waals surface area contributed by atoms with Gasteiger partial charge in [-0.3, -0.25) is 14.9 Å². The fraction of sp³-hybridized carbons (Fsp3) is 0.0909. The normalized spacial score (nSPS) is 14.4. The first-order valence-corrected chi connectivity index (χ1v) is 13.2. The smallest absolute Gasteiger partial charge is 0.264 e. The first-order chi connectivity index (χ1) is 16.3. The molecule has 0 radical (unpaired) electrons. The van der Waals surface area contributed by atoms with Gasteiger partial charge in [0.1, 0.15) is 10.1 Å². The largest absolute Gasteiger partial charge is 0.483 e. The highest BCUT2D eigenvalue weighted by Gasteiger charge is 2.22. The Morgan fingerprint density at radius 3 is 2.79 bits per heavy atom. The standard InChI is InChI=1S/C22H14BrCl2N3O3S3/c23-13-2-4-17(12(7-13)8-18-20(30)28-22(32)34-18)31-10-19(29)27-21-26-9-14(33-21)5-11-1-3-15(24)16(25)6-11/h1-4,6-9H,5,10H2,(H,26,27,29)(H,28,30,32)/b18-8-. The molecular weight excluding hydrogens is 601 g/mol. The molecule has 6 nitrogen and oxygen atoms in total. The summed E-state index contributed by atoms with van der Waals surface area (Å²) < 4.78 is 6.93. The lowest BCUT2D eigenvalue weighted by Gasteiger charge is -2.10. The number of hydrogen-bond acceptors (Lipinski definition) is 7. The zero-order valence-corrected chi connectivity index (χ0v) is 22.6. The number of nitrogens with one attached hydrogen (secondary N) is 2. The monoisotopic (exact) mass is 613 g/mol. The predicted molar refractivity (Wildman–Crippen MR) is 146 cm³/mol. The van der Waals surface area contributed by atoms with Crippen molar-refractivity contribution < 1.29 is 14.3 Å². The molecule has 2 N–H and O–H groups in total. The van der Waals surface area contributed by atoms with Crippen LogP contribution in [0.2, 0.25) is 10.0 Å². The second-order valence-corrected chi connectivity index (χ2v) is 11.5. The fourth-order valence-electron chi connectivity index (χ4n) is 2.92. The molecule has 3 aromatic rings. The molecule has 4 rings (SSSR count). The molecule has 1 aromatic heterocycles. The van der Waals surface area contributed by atoms with E-state index in [1.807, 2.05) is 12.1 Å². The van der Waals surface area contributed by atoms with E-state index in [1.165, 1.54) is 23.1 Å². The summed E-state index contributed by atoms with van der Waals surface area (Å²) in [6.45, 7) is -0.225. The second-order valence-electron chi connectivity index (χ2n) is 6.93. The number of benzene rings is 2. The number of thiocarbonyl (C=S) groups is 1. The Morgan fingerprint density at radius 2 is 2.06 bits per heavy atom. The first-order valence-electron chi connectivity index (χ1n) is 9.62. The zero-order chi connectivity index (χ0) is 24.2. The van der Waals surface area contributed by atoms with E-state index in [0.717, 1.165) is 14.9 Å². The van der Waals surface area contributed by atoms with E-state index in [9.17, 15) is 9.59 Å². The minimum atomic E-state index is -0.355. The number of thiazole rings is 1. The van der Waals surface area contributed by atoms with E-state index < -0.39 is 0 Å². The fourth-order valence-corrected chi connectivity index (χ4v) is 5.52. The van der Waals surface area contributed by atoms with Crippen LogP contribution in [0.5, 0.6) is 5.75 Å². The molecule has 1 aliphatic rings. The summed E-state index contributed by atoms with van der Waals surface area (Å²) in [7, 11) is 0. The number of ether oxygens (including phenoxy) is 1. The number of carbonyl (C=O) groups excluding carboxylic acids is 2. The van der Waals surface area contributed by atoms with Gasteiger partial charge in [0.15, 0.2) is 11.7 Å². The van der Waals surface area contributed by atoms with Crippen molar-refractivity contribution in [3.05, 3.63) is 78.0 Å². The molecule has 1 fully saturated rings. The van der Waals surface area contributed by atoms with E-state index in [0.29, 0.717) is 42.1 Å². The van der Waals surface area contributed by atoms with Crippen LogP contribution in [0.3, 0.4) is 0 Å². The van der Waals surface area contributed by atoms with Gasteiger partial charge in [-0.25, -0.2) is 4.98 Å². The molecule has 2 amide bonds. The topological polar surface area (TPSA) is 80.3 Å². The molecule has 0 aliphatic carbocycles. The number of hydrogen-bond donors (Lipinski definition) is 2. The van der Waals surface area contributed by atoms with Gasteiger partial charge in [0.25, 0.3) is 11.8 Å². The summed E-state index contributed by atoms with van der Waals surface area (Å²) >= 11 is 23.0. The Hall–Kier alpha value is -1.95. The number of amides is 2. The van der Waals surface area contributed by atoms with Crippen LogP contribution in [0.15, 0.2) is 52.0 Å². The number of rotatable bonds is 7. The van der Waals surface area contributed by atoms with Gasteiger partial charge in [-0.1, -0.05) is 69.2 Å². The molecule has 1 aliphatic heterocycles. The Bertz CT molecular complexity index is 1330. The molecule has 0 atom stereocenters. The highest BCUT2D eigenvalue weighted by Crippen LogP contribution is 2.31. The highest BCUT2D eigenvalue weighted by molar-refractivity contribution is 9.10. The number of carbonyl (C=O) groups is 2. The van der Waals surface area contributed by atoms with Crippen LogP contribution >= 0.6 is 74.4 Å². The maximum Gasteiger partial charge on any atom is 0.264 e. The average Bonchev–Trinajstić information content (AvgIpc) is 3.35. The predicted octanol–water partition coefficient (Wildman–Crippen LogP) is 6.31. The minimum Gasteiger partial charge on any atom is -0.483 e. The van der Waals surface area contributed by atoms with Gasteiger partial charge in [-0.05, 0) is 42.0 Å². The van der Waals surface area contributed by atoms with Crippen LogP contribution in [-0.2, 0) is 16.0 Å². The summed E-state index contributed by atoms with van der Waals surface area (Å²) in [5.74, 6) is -0.165. The van der Waals surface area contributed by atoms with Gasteiger partial charge in [-0.15, -0.1) is 11.3 Å². The lowest BCUT2D eigenvalue weighted by Crippen LogP contribution is -2.20. The molecule has 0 spiro atoms. The third kappa shape index (κ3) is 6.59. The first kappa shape index (κ1) is 25.2. The lowest BCUT2D eigenvalue weighted by molar-refractivity contribution is -0.118. The van der Waals surface area contributed by atoms with Crippen molar-refractivity contribution in [3.8, 4) is 5.75 Å². The van der Waals surface area contributed by atoms with Crippen LogP contribution in [0.1, 0.15) is 16.0 Å². The Kier molecular flexibility index (Phi) is 8.28. The highest BCUT2D eigenvalue weighted by atomic mass is 79.9. The molecule has 12 heteroatoms. The van der Waals surface area contributed by atoms with Crippen LogP contribution in [0.25, 0.3) is 6.08 Å². The van der Waals surface area contributed by atoms with E-state index in [-0.39, 0.29) is 18.4 Å². The summed E-state index contributed by atoms with van der Waals surface area (Å²) in [4.78, 5) is 30.1. The maximum absolute atomic E-state index is 12.4. The zero-order valence-electron chi connectivity index (χ0n) is 17.1. The van der Waals surface area contributed by atoms with Gasteiger partial charge in [0, 0.05) is 27.5 Å². The van der Waals surface area contributed by atoms with Crippen molar-refractivity contribution in [2.75, 3.05) is 11.9 Å². The van der Waals surface area contributed by atoms with Crippen LogP contribution in [0.4, 0.5) is 5.13 Å². The average molecular weight is 615 g/mol. The molecule has 1 saturated heterocycles. The maximum atomic E-state index is 12.4.